The maximum absolute atomic E-state index is 5.74. The van der Waals surface area contributed by atoms with Crippen molar-refractivity contribution in [3.63, 3.8) is 0 Å². The predicted octanol–water partition coefficient (Wildman–Crippen LogP) is 1.89. The van der Waals surface area contributed by atoms with Crippen LogP contribution < -0.4 is 0 Å². The molecule has 70 valence electrons. The number of aryl methyl sites for hydroxylation is 2. The summed E-state index contributed by atoms with van der Waals surface area (Å²) in [5, 5.41) is 4.42. The minimum Gasteiger partial charge on any atom is -0.236 e. The van der Waals surface area contributed by atoms with Gasteiger partial charge in [0.2, 0.25) is 0 Å². The molecule has 0 saturated carbocycles. The first-order valence-corrected chi connectivity index (χ1v) is 4.93. The minimum atomic E-state index is 0.524. The fraction of sp³-hybridized carbons (Fsp3) is 0.556. The Bertz CT molecular complexity index is 365. The monoisotopic (exact) mass is 197 g/mol. The quantitative estimate of drug-likeness (QED) is 0.633. The van der Waals surface area contributed by atoms with Crippen LogP contribution in [0.1, 0.15) is 23.6 Å². The third-order valence-electron chi connectivity index (χ3n) is 2.42. The van der Waals surface area contributed by atoms with E-state index < -0.39 is 0 Å². The Morgan fingerprint density at radius 2 is 2.15 bits per heavy atom. The van der Waals surface area contributed by atoms with Gasteiger partial charge in [-0.15, -0.1) is 11.6 Å². The van der Waals surface area contributed by atoms with Gasteiger partial charge in [0.1, 0.15) is 5.82 Å². The summed E-state index contributed by atoms with van der Waals surface area (Å²) in [4.78, 5) is 4.43. The van der Waals surface area contributed by atoms with Crippen LogP contribution in [0.25, 0.3) is 0 Å². The molecule has 1 aliphatic rings. The molecule has 0 radical (unpaired) electrons. The highest BCUT2D eigenvalue weighted by molar-refractivity contribution is 6.28. The van der Waals surface area contributed by atoms with Gasteiger partial charge in [0.15, 0.2) is 0 Å². The van der Waals surface area contributed by atoms with Gasteiger partial charge in [0.05, 0.1) is 23.0 Å². The number of hydrogen-bond donors (Lipinski definition) is 0. The molecule has 1 aromatic rings. The first-order valence-electron chi connectivity index (χ1n) is 4.40. The van der Waals surface area contributed by atoms with Crippen LogP contribution in [0.3, 0.4) is 0 Å². The Morgan fingerprint density at radius 1 is 1.38 bits per heavy atom. The molecule has 0 aliphatic carbocycles. The molecule has 0 fully saturated rings. The van der Waals surface area contributed by atoms with E-state index >= 15 is 0 Å². The van der Waals surface area contributed by atoms with Crippen molar-refractivity contribution in [2.45, 2.75) is 26.7 Å². The lowest BCUT2D eigenvalue weighted by atomic mass is 10.2. The van der Waals surface area contributed by atoms with Crippen LogP contribution in [-0.4, -0.2) is 21.3 Å². The maximum atomic E-state index is 5.74. The van der Waals surface area contributed by atoms with Gasteiger partial charge < -0.3 is 0 Å². The second-order valence-corrected chi connectivity index (χ2v) is 3.58. The lowest BCUT2D eigenvalue weighted by Crippen LogP contribution is -2.15. The topological polar surface area (TPSA) is 30.2 Å². The zero-order valence-corrected chi connectivity index (χ0v) is 8.60. The van der Waals surface area contributed by atoms with E-state index in [0.29, 0.717) is 5.88 Å². The second kappa shape index (κ2) is 3.14. The Kier molecular flexibility index (Phi) is 2.12. The smallest absolute Gasteiger partial charge is 0.130 e. The van der Waals surface area contributed by atoms with Crippen molar-refractivity contribution in [2.24, 2.45) is 5.10 Å². The zero-order chi connectivity index (χ0) is 9.42. The van der Waals surface area contributed by atoms with E-state index in [1.807, 2.05) is 18.5 Å². The van der Waals surface area contributed by atoms with Crippen LogP contribution in [0.15, 0.2) is 5.10 Å². The molecule has 0 amide bonds. The average Bonchev–Trinajstić information content (AvgIpc) is 2.43. The summed E-state index contributed by atoms with van der Waals surface area (Å²) in [6.07, 6.45) is 1.90. The van der Waals surface area contributed by atoms with Gasteiger partial charge in [-0.1, -0.05) is 0 Å². The summed E-state index contributed by atoms with van der Waals surface area (Å²) in [7, 11) is 0. The molecule has 0 spiro atoms. The molecule has 1 aromatic heterocycles. The Balaban J connectivity index is 2.49. The van der Waals surface area contributed by atoms with Gasteiger partial charge in [-0.3, -0.25) is 0 Å². The fourth-order valence-corrected chi connectivity index (χ4v) is 1.69. The molecule has 0 aromatic carbocycles. The number of rotatable bonds is 1. The highest BCUT2D eigenvalue weighted by Gasteiger charge is 2.15. The molecule has 13 heavy (non-hydrogen) atoms. The third-order valence-corrected chi connectivity index (χ3v) is 2.72. The van der Waals surface area contributed by atoms with Crippen molar-refractivity contribution >= 4 is 17.3 Å². The number of halogens is 1. The summed E-state index contributed by atoms with van der Waals surface area (Å²) in [5.41, 5.74) is 3.24. The summed E-state index contributed by atoms with van der Waals surface area (Å²) < 4.78 is 1.91. The van der Waals surface area contributed by atoms with Gasteiger partial charge in [0, 0.05) is 6.42 Å². The molecular formula is C9H12ClN3. The number of imidazole rings is 1. The maximum Gasteiger partial charge on any atom is 0.130 e. The van der Waals surface area contributed by atoms with Crippen molar-refractivity contribution in [2.75, 3.05) is 5.88 Å². The first kappa shape index (κ1) is 8.75. The van der Waals surface area contributed by atoms with Gasteiger partial charge in [-0.2, -0.15) is 5.10 Å². The molecule has 3 nitrogen and oxygen atoms in total. The normalized spacial score (nSPS) is 15.5. The van der Waals surface area contributed by atoms with Crippen molar-refractivity contribution in [1.29, 1.82) is 0 Å². The number of fused-ring (bicyclic) bond motifs is 1. The highest BCUT2D eigenvalue weighted by Crippen LogP contribution is 2.16. The molecule has 4 heteroatoms. The molecule has 0 N–H and O–H groups in total. The van der Waals surface area contributed by atoms with Crippen LogP contribution >= 0.6 is 11.6 Å². The molecule has 0 unspecified atom stereocenters. The summed E-state index contributed by atoms with van der Waals surface area (Å²) in [6.45, 7) is 4.04. The summed E-state index contributed by atoms with van der Waals surface area (Å²) >= 11 is 5.74. The van der Waals surface area contributed by atoms with Crippen molar-refractivity contribution < 1.29 is 0 Å². The van der Waals surface area contributed by atoms with Gasteiger partial charge in [-0.25, -0.2) is 9.66 Å². The largest absolute Gasteiger partial charge is 0.236 e. The second-order valence-electron chi connectivity index (χ2n) is 3.31. The standard InChI is InChI=1S/C9H12ClN3/c1-6-7(2)13-9(11-6)4-3-8(5-10)12-13/h3-5H2,1-2H3. The summed E-state index contributed by atoms with van der Waals surface area (Å²) in [5.74, 6) is 1.58. The van der Waals surface area contributed by atoms with Gasteiger partial charge in [-0.05, 0) is 20.3 Å². The molecule has 0 atom stereocenters. The van der Waals surface area contributed by atoms with Crippen LogP contribution in [0.4, 0.5) is 0 Å². The van der Waals surface area contributed by atoms with E-state index in [2.05, 4.69) is 10.1 Å². The van der Waals surface area contributed by atoms with E-state index in [4.69, 9.17) is 11.6 Å². The number of aromatic nitrogens is 2. The van der Waals surface area contributed by atoms with E-state index in [-0.39, 0.29) is 0 Å². The molecular weight excluding hydrogens is 186 g/mol. The Morgan fingerprint density at radius 3 is 2.85 bits per heavy atom. The highest BCUT2D eigenvalue weighted by atomic mass is 35.5. The minimum absolute atomic E-state index is 0.524. The van der Waals surface area contributed by atoms with Crippen molar-refractivity contribution in [3.05, 3.63) is 17.2 Å². The molecule has 2 rings (SSSR count). The van der Waals surface area contributed by atoms with Crippen LogP contribution in [0, 0.1) is 13.8 Å². The molecule has 0 saturated heterocycles. The molecule has 1 aliphatic heterocycles. The zero-order valence-electron chi connectivity index (χ0n) is 7.84. The fourth-order valence-electron chi connectivity index (χ4n) is 1.50. The SMILES string of the molecule is Cc1nc2n(c1C)N=C(CCl)CC2. The number of hydrogen-bond acceptors (Lipinski definition) is 2. The van der Waals surface area contributed by atoms with Crippen LogP contribution in [0.2, 0.25) is 0 Å². The van der Waals surface area contributed by atoms with E-state index in [1.165, 1.54) is 0 Å². The van der Waals surface area contributed by atoms with E-state index in [0.717, 1.165) is 35.8 Å². The van der Waals surface area contributed by atoms with E-state index in [1.54, 1.807) is 0 Å². The van der Waals surface area contributed by atoms with Gasteiger partial charge >= 0.3 is 0 Å². The van der Waals surface area contributed by atoms with Crippen LogP contribution in [0.5, 0.6) is 0 Å². The molecule has 2 heterocycles. The number of nitrogens with zero attached hydrogens (tertiary/aromatic N) is 3. The first-order chi connectivity index (χ1) is 6.22. The number of alkyl halides is 1. The van der Waals surface area contributed by atoms with Crippen molar-refractivity contribution in [1.82, 2.24) is 9.66 Å². The van der Waals surface area contributed by atoms with Crippen molar-refractivity contribution in [3.8, 4) is 0 Å². The molecule has 0 bridgehead atoms. The third kappa shape index (κ3) is 1.37. The lowest BCUT2D eigenvalue weighted by molar-refractivity contribution is 0.713. The van der Waals surface area contributed by atoms with E-state index in [9.17, 15) is 0 Å². The summed E-state index contributed by atoms with van der Waals surface area (Å²) in [6, 6.07) is 0. The Hall–Kier alpha value is -0.830. The predicted molar refractivity (Wildman–Crippen MR) is 53.6 cm³/mol. The average molecular weight is 198 g/mol. The lowest BCUT2D eigenvalue weighted by Gasteiger charge is -2.12. The Labute approximate surface area is 82.4 Å². The van der Waals surface area contributed by atoms with Crippen LogP contribution in [-0.2, 0) is 6.42 Å². The van der Waals surface area contributed by atoms with Gasteiger partial charge in [0.25, 0.3) is 0 Å².